The molecule has 1 aromatic heterocycles. The lowest BCUT2D eigenvalue weighted by Gasteiger charge is -2.20. The van der Waals surface area contributed by atoms with E-state index >= 15 is 0 Å². The molecule has 38 heavy (non-hydrogen) atoms. The second kappa shape index (κ2) is 9.32. The minimum absolute atomic E-state index is 0.0588. The molecular weight excluding hydrogens is 564 g/mol. The first-order chi connectivity index (χ1) is 17.5. The van der Waals surface area contributed by atoms with Gasteiger partial charge in [-0.15, -0.1) is 0 Å². The highest BCUT2D eigenvalue weighted by Gasteiger charge is 2.43. The van der Waals surface area contributed by atoms with E-state index in [0.717, 1.165) is 18.3 Å². The molecule has 15 heteroatoms. The first-order valence-corrected chi connectivity index (χ1v) is 13.4. The number of aromatic amines is 1. The quantitative estimate of drug-likeness (QED) is 0.207. The van der Waals surface area contributed by atoms with Crippen LogP contribution in [0.5, 0.6) is 11.5 Å². The normalized spacial score (nSPS) is 13.1. The maximum absolute atomic E-state index is 13.8. The lowest BCUT2D eigenvalue weighted by Crippen LogP contribution is -2.16. The molecule has 4 rings (SSSR count). The first-order valence-electron chi connectivity index (χ1n) is 10.3. The van der Waals surface area contributed by atoms with Gasteiger partial charge in [-0.1, -0.05) is 18.2 Å². The van der Waals surface area contributed by atoms with Crippen LogP contribution in [0.2, 0.25) is 0 Å². The van der Waals surface area contributed by atoms with E-state index in [2.05, 4.69) is 4.98 Å². The molecular formula is C23H15F6NO6S2. The Morgan fingerprint density at radius 3 is 1.92 bits per heavy atom. The predicted molar refractivity (Wildman–Crippen MR) is 122 cm³/mol. The number of halogens is 6. The number of ether oxygens (including phenoxy) is 1. The molecule has 1 heterocycles. The molecule has 0 radical (unpaired) electrons. The average Bonchev–Trinajstić information content (AvgIpc) is 3.22. The van der Waals surface area contributed by atoms with Gasteiger partial charge in [-0.2, -0.15) is 34.8 Å². The molecule has 0 spiro atoms. The number of hydrogen-bond donors (Lipinski definition) is 2. The number of rotatable bonds is 6. The zero-order valence-corrected chi connectivity index (χ0v) is 20.3. The summed E-state index contributed by atoms with van der Waals surface area (Å²) < 4.78 is 145. The zero-order valence-electron chi connectivity index (χ0n) is 18.6. The van der Waals surface area contributed by atoms with E-state index in [-0.39, 0.29) is 32.8 Å². The molecule has 0 unspecified atom stereocenters. The number of H-pyrrole nitrogens is 1. The number of alkyl halides is 6. The van der Waals surface area contributed by atoms with Crippen LogP contribution in [0, 0.1) is 0 Å². The molecule has 0 aliphatic rings. The largest absolute Gasteiger partial charge is 0.456 e. The Morgan fingerprint density at radius 2 is 1.39 bits per heavy atom. The standard InChI is InChI=1S/C23H15F6NO6S2/c24-22(25,26)17-8-13(12-37(31,32)33)9-18(23(27,28)29)21(17)36-14-6-7-19-16(10-14)20(11-30-19)38(34,35)15-4-2-1-3-5-15/h1-11,30H,12H2,(H,31,32,33). The molecule has 3 aromatic carbocycles. The highest BCUT2D eigenvalue weighted by atomic mass is 32.2. The summed E-state index contributed by atoms with van der Waals surface area (Å²) in [6.45, 7) is 0. The van der Waals surface area contributed by atoms with Gasteiger partial charge in [0.05, 0.1) is 20.9 Å². The molecule has 0 aliphatic carbocycles. The molecule has 2 N–H and O–H groups in total. The van der Waals surface area contributed by atoms with E-state index in [1.807, 2.05) is 0 Å². The van der Waals surface area contributed by atoms with Crippen molar-refractivity contribution < 1.29 is 52.5 Å². The fraction of sp³-hybridized carbons (Fsp3) is 0.130. The third-order valence-corrected chi connectivity index (χ3v) is 7.79. The summed E-state index contributed by atoms with van der Waals surface area (Å²) in [6.07, 6.45) is -9.72. The molecule has 0 saturated carbocycles. The molecule has 7 nitrogen and oxygen atoms in total. The molecule has 4 aromatic rings. The topological polar surface area (TPSA) is 114 Å². The smallest absolute Gasteiger partial charge is 0.420 e. The predicted octanol–water partition coefficient (Wildman–Crippen LogP) is 6.22. The van der Waals surface area contributed by atoms with Crippen LogP contribution in [0.4, 0.5) is 26.3 Å². The Labute approximate surface area is 211 Å². The summed E-state index contributed by atoms with van der Waals surface area (Å²) in [4.78, 5) is 2.29. The fourth-order valence-corrected chi connectivity index (χ4v) is 5.75. The van der Waals surface area contributed by atoms with Gasteiger partial charge in [-0.3, -0.25) is 4.55 Å². The number of benzene rings is 3. The van der Waals surface area contributed by atoms with Gasteiger partial charge >= 0.3 is 12.4 Å². The number of fused-ring (bicyclic) bond motifs is 1. The van der Waals surface area contributed by atoms with Crippen LogP contribution >= 0.6 is 0 Å². The molecule has 0 amide bonds. The van der Waals surface area contributed by atoms with Crippen molar-refractivity contribution in [2.45, 2.75) is 27.9 Å². The summed E-state index contributed by atoms with van der Waals surface area (Å²) in [5, 5.41) is -0.0588. The summed E-state index contributed by atoms with van der Waals surface area (Å²) in [5.74, 6) is -3.73. The van der Waals surface area contributed by atoms with Gasteiger partial charge in [0, 0.05) is 17.1 Å². The van der Waals surface area contributed by atoms with E-state index in [0.29, 0.717) is 0 Å². The van der Waals surface area contributed by atoms with Crippen molar-refractivity contribution in [3.05, 3.63) is 83.6 Å². The van der Waals surface area contributed by atoms with Crippen molar-refractivity contribution in [3.8, 4) is 11.5 Å². The minimum Gasteiger partial charge on any atom is -0.456 e. The first kappa shape index (κ1) is 27.5. The maximum atomic E-state index is 13.8. The number of hydrogen-bond acceptors (Lipinski definition) is 5. The van der Waals surface area contributed by atoms with Gasteiger partial charge < -0.3 is 9.72 Å². The molecule has 0 fully saturated rings. The third-order valence-electron chi connectivity index (χ3n) is 5.29. The van der Waals surface area contributed by atoms with Crippen LogP contribution < -0.4 is 4.74 Å². The van der Waals surface area contributed by atoms with Crippen LogP contribution in [-0.4, -0.2) is 26.4 Å². The number of nitrogens with one attached hydrogen (secondary N) is 1. The van der Waals surface area contributed by atoms with Gasteiger partial charge in [-0.25, -0.2) is 8.42 Å². The SMILES string of the molecule is O=S(=O)(O)Cc1cc(C(F)(F)F)c(Oc2ccc3[nH]cc(S(=O)(=O)c4ccccc4)c3c2)c(C(F)(F)F)c1. The number of sulfone groups is 1. The molecule has 202 valence electrons. The monoisotopic (exact) mass is 579 g/mol. The highest BCUT2D eigenvalue weighted by Crippen LogP contribution is 2.47. The number of aromatic nitrogens is 1. The van der Waals surface area contributed by atoms with E-state index < -0.39 is 66.3 Å². The molecule has 0 saturated heterocycles. The van der Waals surface area contributed by atoms with Crippen LogP contribution in [0.3, 0.4) is 0 Å². The molecule has 0 aliphatic heterocycles. The maximum Gasteiger partial charge on any atom is 0.420 e. The third kappa shape index (κ3) is 5.63. The summed E-state index contributed by atoms with van der Waals surface area (Å²) in [6, 6.07) is 10.6. The summed E-state index contributed by atoms with van der Waals surface area (Å²) >= 11 is 0. The lowest BCUT2D eigenvalue weighted by atomic mass is 10.0. The average molecular weight is 579 g/mol. The van der Waals surface area contributed by atoms with Crippen molar-refractivity contribution in [1.29, 1.82) is 0 Å². The van der Waals surface area contributed by atoms with Gasteiger partial charge in [0.25, 0.3) is 10.1 Å². The Kier molecular flexibility index (Phi) is 6.74. The zero-order chi connectivity index (χ0) is 28.1. The van der Waals surface area contributed by atoms with Crippen molar-refractivity contribution in [3.63, 3.8) is 0 Å². The van der Waals surface area contributed by atoms with Crippen LogP contribution in [0.15, 0.2) is 76.7 Å². The minimum atomic E-state index is -5.43. The Balaban J connectivity index is 1.89. The van der Waals surface area contributed by atoms with Crippen molar-refractivity contribution in [1.82, 2.24) is 4.98 Å². The van der Waals surface area contributed by atoms with Gasteiger partial charge in [0.1, 0.15) is 11.5 Å². The Morgan fingerprint density at radius 1 is 0.816 bits per heavy atom. The molecule has 0 bridgehead atoms. The summed E-state index contributed by atoms with van der Waals surface area (Å²) in [7, 11) is -9.09. The van der Waals surface area contributed by atoms with Crippen molar-refractivity contribution in [2.24, 2.45) is 0 Å². The Bertz CT molecular complexity index is 1690. The van der Waals surface area contributed by atoms with E-state index in [9.17, 15) is 43.2 Å². The van der Waals surface area contributed by atoms with Crippen LogP contribution in [0.1, 0.15) is 16.7 Å². The van der Waals surface area contributed by atoms with E-state index in [1.54, 1.807) is 6.07 Å². The second-order valence-electron chi connectivity index (χ2n) is 8.02. The highest BCUT2D eigenvalue weighted by molar-refractivity contribution is 7.91. The summed E-state index contributed by atoms with van der Waals surface area (Å²) in [5.41, 5.74) is -4.66. The Hall–Kier alpha value is -3.56. The lowest BCUT2D eigenvalue weighted by molar-refractivity contribution is -0.145. The van der Waals surface area contributed by atoms with Gasteiger partial charge in [-0.05, 0) is 48.0 Å². The van der Waals surface area contributed by atoms with E-state index in [1.165, 1.54) is 30.3 Å². The van der Waals surface area contributed by atoms with Crippen LogP contribution in [-0.2, 0) is 38.1 Å². The van der Waals surface area contributed by atoms with Crippen molar-refractivity contribution in [2.75, 3.05) is 0 Å². The van der Waals surface area contributed by atoms with E-state index in [4.69, 9.17) is 9.29 Å². The van der Waals surface area contributed by atoms with Gasteiger partial charge in [0.15, 0.2) is 5.75 Å². The van der Waals surface area contributed by atoms with Gasteiger partial charge in [0.2, 0.25) is 9.84 Å². The molecule has 0 atom stereocenters. The van der Waals surface area contributed by atoms with Crippen molar-refractivity contribution >= 4 is 30.9 Å². The second-order valence-corrected chi connectivity index (χ2v) is 11.4. The van der Waals surface area contributed by atoms with Crippen LogP contribution in [0.25, 0.3) is 10.9 Å². The fourth-order valence-electron chi connectivity index (χ4n) is 3.72.